The highest BCUT2D eigenvalue weighted by atomic mass is 16.7. The third kappa shape index (κ3) is 0.853. The highest BCUT2D eigenvalue weighted by molar-refractivity contribution is 5.84. The third-order valence-corrected chi connectivity index (χ3v) is 1.98. The summed E-state index contributed by atoms with van der Waals surface area (Å²) in [6.45, 7) is 0.269. The van der Waals surface area contributed by atoms with Gasteiger partial charge in [0.05, 0.1) is 5.52 Å². The van der Waals surface area contributed by atoms with Crippen molar-refractivity contribution in [3.63, 3.8) is 0 Å². The maximum atomic E-state index is 5.29. The number of fused-ring (bicyclic) bond motifs is 3. The minimum Gasteiger partial charge on any atom is -0.454 e. The van der Waals surface area contributed by atoms with Gasteiger partial charge in [-0.1, -0.05) is 0 Å². The summed E-state index contributed by atoms with van der Waals surface area (Å²) < 4.78 is 10.5. The zero-order chi connectivity index (χ0) is 8.67. The summed E-state index contributed by atoms with van der Waals surface area (Å²) in [7, 11) is 0. The van der Waals surface area contributed by atoms with E-state index in [4.69, 9.17) is 9.47 Å². The third-order valence-electron chi connectivity index (χ3n) is 1.98. The van der Waals surface area contributed by atoms with Gasteiger partial charge in [0.2, 0.25) is 6.79 Å². The topological polar surface area (TPSA) is 44.2 Å². The zero-order valence-electron chi connectivity index (χ0n) is 6.73. The molecule has 4 nitrogen and oxygen atoms in total. The number of nitrogens with zero attached hydrogens (tertiary/aromatic N) is 2. The van der Waals surface area contributed by atoms with E-state index in [-0.39, 0.29) is 6.79 Å². The van der Waals surface area contributed by atoms with Gasteiger partial charge in [-0.05, 0) is 12.1 Å². The Bertz CT molecular complexity index is 470. The largest absolute Gasteiger partial charge is 0.454 e. The van der Waals surface area contributed by atoms with E-state index >= 15 is 0 Å². The average Bonchev–Trinajstić information content (AvgIpc) is 2.65. The molecule has 2 heterocycles. The SMILES string of the molecule is c1cnc2c3c(ccc2n1)OCO3. The van der Waals surface area contributed by atoms with Crippen LogP contribution in [0.4, 0.5) is 0 Å². The number of rotatable bonds is 0. The van der Waals surface area contributed by atoms with Crippen molar-refractivity contribution >= 4 is 11.0 Å². The van der Waals surface area contributed by atoms with Crippen LogP contribution in [-0.2, 0) is 0 Å². The van der Waals surface area contributed by atoms with Crippen molar-refractivity contribution < 1.29 is 9.47 Å². The van der Waals surface area contributed by atoms with Gasteiger partial charge in [0.1, 0.15) is 5.52 Å². The molecular formula is C9H6N2O2. The van der Waals surface area contributed by atoms with E-state index < -0.39 is 0 Å². The van der Waals surface area contributed by atoms with Crippen LogP contribution in [0.1, 0.15) is 0 Å². The maximum absolute atomic E-state index is 5.29. The second-order valence-electron chi connectivity index (χ2n) is 2.72. The molecule has 0 atom stereocenters. The molecule has 2 aromatic rings. The van der Waals surface area contributed by atoms with Gasteiger partial charge in [0.25, 0.3) is 0 Å². The number of ether oxygens (including phenoxy) is 2. The molecule has 0 spiro atoms. The smallest absolute Gasteiger partial charge is 0.231 e. The van der Waals surface area contributed by atoms with Crippen molar-refractivity contribution in [2.24, 2.45) is 0 Å². The van der Waals surface area contributed by atoms with Crippen LogP contribution in [0.3, 0.4) is 0 Å². The molecular weight excluding hydrogens is 168 g/mol. The molecule has 1 aromatic heterocycles. The molecule has 0 amide bonds. The molecule has 3 rings (SSSR count). The minimum atomic E-state index is 0.269. The predicted octanol–water partition coefficient (Wildman–Crippen LogP) is 1.36. The van der Waals surface area contributed by atoms with E-state index in [2.05, 4.69) is 9.97 Å². The van der Waals surface area contributed by atoms with Crippen LogP contribution >= 0.6 is 0 Å². The summed E-state index contributed by atoms with van der Waals surface area (Å²) in [4.78, 5) is 8.35. The number of benzene rings is 1. The molecule has 0 saturated heterocycles. The van der Waals surface area contributed by atoms with Crippen molar-refractivity contribution in [2.75, 3.05) is 6.79 Å². The number of hydrogen-bond donors (Lipinski definition) is 0. The highest BCUT2D eigenvalue weighted by Gasteiger charge is 2.17. The molecule has 0 saturated carbocycles. The number of hydrogen-bond acceptors (Lipinski definition) is 4. The molecule has 4 heteroatoms. The molecule has 13 heavy (non-hydrogen) atoms. The van der Waals surface area contributed by atoms with Crippen LogP contribution in [0.5, 0.6) is 11.5 Å². The van der Waals surface area contributed by atoms with Gasteiger partial charge in [-0.25, -0.2) is 4.98 Å². The molecule has 1 aliphatic rings. The Morgan fingerprint density at radius 1 is 1.08 bits per heavy atom. The Morgan fingerprint density at radius 3 is 3.00 bits per heavy atom. The molecule has 1 aromatic carbocycles. The van der Waals surface area contributed by atoms with Crippen molar-refractivity contribution in [2.45, 2.75) is 0 Å². The van der Waals surface area contributed by atoms with Crippen LogP contribution in [0, 0.1) is 0 Å². The second kappa shape index (κ2) is 2.32. The lowest BCUT2D eigenvalue weighted by molar-refractivity contribution is 0.174. The molecule has 0 fully saturated rings. The van der Waals surface area contributed by atoms with Gasteiger partial charge in [0, 0.05) is 12.4 Å². The van der Waals surface area contributed by atoms with Crippen LogP contribution in [0.15, 0.2) is 24.5 Å². The Kier molecular flexibility index (Phi) is 1.19. The van der Waals surface area contributed by atoms with Gasteiger partial charge in [-0.3, -0.25) is 4.98 Å². The predicted molar refractivity (Wildman–Crippen MR) is 45.7 cm³/mol. The van der Waals surface area contributed by atoms with Crippen LogP contribution < -0.4 is 9.47 Å². The molecule has 64 valence electrons. The minimum absolute atomic E-state index is 0.269. The van der Waals surface area contributed by atoms with Crippen molar-refractivity contribution in [1.82, 2.24) is 9.97 Å². The maximum Gasteiger partial charge on any atom is 0.231 e. The molecule has 0 aliphatic carbocycles. The Balaban J connectivity index is 2.43. The molecule has 0 unspecified atom stereocenters. The summed E-state index contributed by atoms with van der Waals surface area (Å²) in [6.07, 6.45) is 3.30. The first-order chi connectivity index (χ1) is 6.45. The Labute approximate surface area is 74.1 Å². The second-order valence-corrected chi connectivity index (χ2v) is 2.72. The summed E-state index contributed by atoms with van der Waals surface area (Å²) >= 11 is 0. The van der Waals surface area contributed by atoms with E-state index in [1.165, 1.54) is 0 Å². The highest BCUT2D eigenvalue weighted by Crippen LogP contribution is 2.36. The summed E-state index contributed by atoms with van der Waals surface area (Å²) in [6, 6.07) is 3.72. The summed E-state index contributed by atoms with van der Waals surface area (Å²) in [5, 5.41) is 0. The first kappa shape index (κ1) is 6.65. The Morgan fingerprint density at radius 2 is 2.00 bits per heavy atom. The average molecular weight is 174 g/mol. The first-order valence-electron chi connectivity index (χ1n) is 3.94. The summed E-state index contributed by atoms with van der Waals surface area (Å²) in [5.74, 6) is 1.44. The fourth-order valence-electron chi connectivity index (χ4n) is 1.40. The molecule has 1 aliphatic heterocycles. The standard InChI is InChI=1S/C9H6N2O2/c1-2-7-9(13-5-12-7)8-6(1)10-3-4-11-8/h1-4H,5H2. The lowest BCUT2D eigenvalue weighted by atomic mass is 10.2. The van der Waals surface area contributed by atoms with Gasteiger partial charge in [-0.15, -0.1) is 0 Å². The van der Waals surface area contributed by atoms with E-state index in [0.717, 1.165) is 16.8 Å². The molecule has 0 radical (unpaired) electrons. The van der Waals surface area contributed by atoms with Crippen molar-refractivity contribution in [3.05, 3.63) is 24.5 Å². The zero-order valence-corrected chi connectivity index (χ0v) is 6.73. The van der Waals surface area contributed by atoms with Crippen LogP contribution in [0.2, 0.25) is 0 Å². The lowest BCUT2D eigenvalue weighted by Gasteiger charge is -1.98. The van der Waals surface area contributed by atoms with Crippen LogP contribution in [-0.4, -0.2) is 16.8 Å². The first-order valence-corrected chi connectivity index (χ1v) is 3.94. The van der Waals surface area contributed by atoms with E-state index in [9.17, 15) is 0 Å². The van der Waals surface area contributed by atoms with E-state index in [0.29, 0.717) is 5.75 Å². The fraction of sp³-hybridized carbons (Fsp3) is 0.111. The van der Waals surface area contributed by atoms with E-state index in [1.807, 2.05) is 12.1 Å². The fourth-order valence-corrected chi connectivity index (χ4v) is 1.40. The molecule has 0 N–H and O–H groups in total. The number of aromatic nitrogens is 2. The van der Waals surface area contributed by atoms with Crippen molar-refractivity contribution in [3.8, 4) is 11.5 Å². The van der Waals surface area contributed by atoms with Gasteiger partial charge in [-0.2, -0.15) is 0 Å². The van der Waals surface area contributed by atoms with Gasteiger partial charge < -0.3 is 9.47 Å². The van der Waals surface area contributed by atoms with Crippen molar-refractivity contribution in [1.29, 1.82) is 0 Å². The summed E-state index contributed by atoms with van der Waals surface area (Å²) in [5.41, 5.74) is 1.59. The van der Waals surface area contributed by atoms with Gasteiger partial charge in [0.15, 0.2) is 11.5 Å². The quantitative estimate of drug-likeness (QED) is 0.604. The molecule has 0 bridgehead atoms. The lowest BCUT2D eigenvalue weighted by Crippen LogP contribution is -1.93. The normalized spacial score (nSPS) is 13.5. The Hall–Kier alpha value is -1.84. The van der Waals surface area contributed by atoms with Gasteiger partial charge >= 0.3 is 0 Å². The van der Waals surface area contributed by atoms with E-state index in [1.54, 1.807) is 12.4 Å². The monoisotopic (exact) mass is 174 g/mol. The van der Waals surface area contributed by atoms with Crippen LogP contribution in [0.25, 0.3) is 11.0 Å².